The fourth-order valence-electron chi connectivity index (χ4n) is 2.17. The molecule has 7 heteroatoms. The second-order valence-electron chi connectivity index (χ2n) is 4.79. The molecule has 1 aliphatic heterocycles. The van der Waals surface area contributed by atoms with Crippen molar-refractivity contribution in [3.05, 3.63) is 0 Å². The minimum absolute atomic E-state index is 0.0504. The van der Waals surface area contributed by atoms with Crippen molar-refractivity contribution in [2.75, 3.05) is 19.6 Å². The van der Waals surface area contributed by atoms with Crippen LogP contribution in [0.25, 0.3) is 0 Å². The summed E-state index contributed by atoms with van der Waals surface area (Å²) in [4.78, 5) is 23.6. The molecule has 0 radical (unpaired) electrons. The van der Waals surface area contributed by atoms with E-state index in [2.05, 4.69) is 55.8 Å². The van der Waals surface area contributed by atoms with Gasteiger partial charge in [0.2, 0.25) is 0 Å². The van der Waals surface area contributed by atoms with E-state index in [4.69, 9.17) is 0 Å². The number of nitrogens with zero attached hydrogens (tertiary/aromatic N) is 1. The minimum atomic E-state index is -2.15. The molecular formula is C11H22I2N2O2Si. The van der Waals surface area contributed by atoms with Gasteiger partial charge >= 0.3 is 9.34 Å². The topological polar surface area (TPSA) is 52.6 Å². The molecule has 0 aromatic rings. The van der Waals surface area contributed by atoms with Gasteiger partial charge in [-0.3, -0.25) is 0 Å². The third-order valence-corrected chi connectivity index (χ3v) is 10.2. The van der Waals surface area contributed by atoms with Crippen LogP contribution in [0.15, 0.2) is 0 Å². The summed E-state index contributed by atoms with van der Waals surface area (Å²) in [5, 5.41) is 2.82. The smallest absolute Gasteiger partial charge is 0.325 e. The van der Waals surface area contributed by atoms with Gasteiger partial charge in [0, 0.05) is 19.6 Å². The summed E-state index contributed by atoms with van der Waals surface area (Å²) in [5.74, 6) is 0. The number of hydrogen-bond donors (Lipinski definition) is 2. The van der Waals surface area contributed by atoms with Gasteiger partial charge in [-0.05, 0) is 18.4 Å². The average molecular weight is 496 g/mol. The third-order valence-electron chi connectivity index (χ3n) is 3.34. The Morgan fingerprint density at radius 2 is 2.17 bits per heavy atom. The summed E-state index contributed by atoms with van der Waals surface area (Å²) in [6, 6.07) is 0.0504. The molecule has 2 amide bonds. The highest BCUT2D eigenvalue weighted by Gasteiger charge is 2.35. The zero-order chi connectivity index (χ0) is 13.6. The molecule has 4 nitrogen and oxygen atoms in total. The van der Waals surface area contributed by atoms with E-state index >= 15 is 0 Å². The lowest BCUT2D eigenvalue weighted by atomic mass is 10.1. The zero-order valence-corrected chi connectivity index (χ0v) is 16.1. The summed E-state index contributed by atoms with van der Waals surface area (Å²) in [7, 11) is 0. The molecule has 1 aliphatic rings. The van der Waals surface area contributed by atoms with Crippen LogP contribution in [0.1, 0.15) is 39.0 Å². The van der Waals surface area contributed by atoms with Gasteiger partial charge in [0.1, 0.15) is 0 Å². The number of carbonyl (C=O) groups excluding carboxylic acids is 1. The van der Waals surface area contributed by atoms with Crippen LogP contribution in [-0.4, -0.2) is 38.7 Å². The Labute approximate surface area is 136 Å². The normalized spacial score (nSPS) is 18.0. The summed E-state index contributed by atoms with van der Waals surface area (Å²) < 4.78 is -2.15. The first-order valence-electron chi connectivity index (χ1n) is 6.58. The van der Waals surface area contributed by atoms with Gasteiger partial charge in [-0.2, -0.15) is 0 Å². The highest BCUT2D eigenvalue weighted by Crippen LogP contribution is 2.38. The minimum Gasteiger partial charge on any atom is -0.416 e. The Hall–Kier alpha value is 0.907. The van der Waals surface area contributed by atoms with Gasteiger partial charge in [-0.15, -0.1) is 0 Å². The van der Waals surface area contributed by atoms with Crippen molar-refractivity contribution in [1.82, 2.24) is 10.2 Å². The predicted molar refractivity (Wildman–Crippen MR) is 93.5 cm³/mol. The van der Waals surface area contributed by atoms with Crippen molar-refractivity contribution in [1.29, 1.82) is 0 Å². The second-order valence-corrected chi connectivity index (χ2v) is 22.8. The quantitative estimate of drug-likeness (QED) is 0.235. The van der Waals surface area contributed by atoms with Crippen LogP contribution in [0.4, 0.5) is 4.79 Å². The molecule has 0 aromatic carbocycles. The van der Waals surface area contributed by atoms with Gasteiger partial charge in [-0.1, -0.05) is 69.8 Å². The standard InChI is InChI=1S/C11H22I2N2O2Si/c1-2-3-4-5-10(18(12,13)17)6-8-15-9-7-14-11(15)16/h10,17H,2-9H2,1H3,(H,14,16). The predicted octanol–water partition coefficient (Wildman–Crippen LogP) is 3.15. The Balaban J connectivity index is 2.38. The van der Waals surface area contributed by atoms with E-state index in [1.807, 2.05) is 4.90 Å². The maximum absolute atomic E-state index is 11.5. The van der Waals surface area contributed by atoms with E-state index in [1.54, 1.807) is 0 Å². The van der Waals surface area contributed by atoms with Crippen LogP contribution in [0.2, 0.25) is 5.54 Å². The fourth-order valence-corrected chi connectivity index (χ4v) is 6.93. The lowest BCUT2D eigenvalue weighted by Crippen LogP contribution is -2.33. The number of unbranched alkanes of at least 4 members (excludes halogenated alkanes) is 2. The summed E-state index contributed by atoms with van der Waals surface area (Å²) in [6.45, 7) is 4.55. The van der Waals surface area contributed by atoms with Gasteiger partial charge in [0.25, 0.3) is 0 Å². The van der Waals surface area contributed by atoms with E-state index in [0.717, 1.165) is 32.5 Å². The van der Waals surface area contributed by atoms with E-state index in [-0.39, 0.29) is 6.03 Å². The lowest BCUT2D eigenvalue weighted by Gasteiger charge is -2.25. The number of hydrogen-bond acceptors (Lipinski definition) is 2. The van der Waals surface area contributed by atoms with Crippen LogP contribution in [0, 0.1) is 0 Å². The van der Waals surface area contributed by atoms with Crippen molar-refractivity contribution in [2.24, 2.45) is 0 Å². The maximum Gasteiger partial charge on any atom is 0.325 e. The highest BCUT2D eigenvalue weighted by molar-refractivity contribution is 14.3. The first-order chi connectivity index (χ1) is 8.45. The molecular weight excluding hydrogens is 474 g/mol. The fraction of sp³-hybridized carbons (Fsp3) is 0.909. The Kier molecular flexibility index (Phi) is 7.77. The molecule has 106 valence electrons. The molecule has 0 saturated carbocycles. The lowest BCUT2D eigenvalue weighted by molar-refractivity contribution is 0.216. The van der Waals surface area contributed by atoms with Crippen LogP contribution in [0.5, 0.6) is 0 Å². The van der Waals surface area contributed by atoms with Crippen LogP contribution >= 0.6 is 43.6 Å². The number of nitrogens with one attached hydrogen (secondary N) is 1. The van der Waals surface area contributed by atoms with E-state index in [0.29, 0.717) is 5.54 Å². The molecule has 1 saturated heterocycles. The summed E-state index contributed by atoms with van der Waals surface area (Å²) in [6.07, 6.45) is 5.67. The molecule has 0 aliphatic carbocycles. The maximum atomic E-state index is 11.5. The number of carbonyl (C=O) groups is 1. The molecule has 1 unspecified atom stereocenters. The second kappa shape index (κ2) is 8.25. The molecule has 0 spiro atoms. The number of rotatable bonds is 8. The number of amides is 2. The van der Waals surface area contributed by atoms with Gasteiger partial charge in [0.05, 0.1) is 0 Å². The van der Waals surface area contributed by atoms with Crippen molar-refractivity contribution in [3.8, 4) is 0 Å². The Bertz CT molecular complexity index is 274. The van der Waals surface area contributed by atoms with Crippen molar-refractivity contribution in [2.45, 2.75) is 44.6 Å². The van der Waals surface area contributed by atoms with Crippen LogP contribution in [-0.2, 0) is 0 Å². The first-order valence-corrected chi connectivity index (χ1v) is 14.8. The molecule has 0 bridgehead atoms. The molecule has 18 heavy (non-hydrogen) atoms. The molecule has 0 aromatic heterocycles. The summed E-state index contributed by atoms with van der Waals surface area (Å²) in [5.41, 5.74) is 0.388. The van der Waals surface area contributed by atoms with Gasteiger partial charge < -0.3 is 15.0 Å². The number of urea groups is 1. The Morgan fingerprint density at radius 3 is 2.67 bits per heavy atom. The third kappa shape index (κ3) is 5.91. The van der Waals surface area contributed by atoms with E-state index < -0.39 is 3.31 Å². The SMILES string of the molecule is CCCCCC(CCN1CCNC1=O)[Si](O)(I)I. The van der Waals surface area contributed by atoms with Crippen LogP contribution < -0.4 is 5.32 Å². The highest BCUT2D eigenvalue weighted by atomic mass is 127. The molecule has 1 fully saturated rings. The Morgan fingerprint density at radius 1 is 1.44 bits per heavy atom. The average Bonchev–Trinajstić information content (AvgIpc) is 2.67. The largest absolute Gasteiger partial charge is 0.416 e. The van der Waals surface area contributed by atoms with Crippen molar-refractivity contribution < 1.29 is 9.59 Å². The monoisotopic (exact) mass is 496 g/mol. The van der Waals surface area contributed by atoms with Gasteiger partial charge in [-0.25, -0.2) is 4.79 Å². The zero-order valence-electron chi connectivity index (χ0n) is 10.8. The summed E-state index contributed by atoms with van der Waals surface area (Å²) >= 11 is 4.49. The van der Waals surface area contributed by atoms with Crippen molar-refractivity contribution >= 4 is 52.9 Å². The van der Waals surface area contributed by atoms with Gasteiger partial charge in [0.15, 0.2) is 0 Å². The van der Waals surface area contributed by atoms with Crippen molar-refractivity contribution in [3.63, 3.8) is 0 Å². The van der Waals surface area contributed by atoms with Crippen LogP contribution in [0.3, 0.4) is 0 Å². The van der Waals surface area contributed by atoms with E-state index in [1.165, 1.54) is 19.3 Å². The van der Waals surface area contributed by atoms with E-state index in [9.17, 15) is 9.59 Å². The number of halogens is 2. The molecule has 1 heterocycles. The molecule has 1 atom stereocenters. The first kappa shape index (κ1) is 17.0. The molecule has 1 rings (SSSR count). The molecule has 2 N–H and O–H groups in total.